The van der Waals surface area contributed by atoms with Crippen molar-refractivity contribution in [2.75, 3.05) is 0 Å². The molecule has 2 aromatic heterocycles. The Morgan fingerprint density at radius 3 is 2.48 bits per heavy atom. The van der Waals surface area contributed by atoms with E-state index in [0.717, 1.165) is 33.2 Å². The van der Waals surface area contributed by atoms with E-state index in [1.165, 1.54) is 0 Å². The number of aryl methyl sites for hydroxylation is 2. The van der Waals surface area contributed by atoms with Gasteiger partial charge in [0.2, 0.25) is 11.4 Å². The molecule has 3 nitrogen and oxygen atoms in total. The molecule has 0 fully saturated rings. The summed E-state index contributed by atoms with van der Waals surface area (Å²) in [6.45, 7) is 17.1. The van der Waals surface area contributed by atoms with Gasteiger partial charge in [0, 0.05) is 25.1 Å². The fourth-order valence-electron chi connectivity index (χ4n) is 3.88. The molecule has 29 heavy (non-hydrogen) atoms. The maximum absolute atomic E-state index is 8.76. The van der Waals surface area contributed by atoms with Crippen LogP contribution in [0.4, 0.5) is 5.69 Å². The average Bonchev–Trinajstić information content (AvgIpc) is 3.10. The predicted molar refractivity (Wildman–Crippen MR) is 119 cm³/mol. The van der Waals surface area contributed by atoms with E-state index in [4.69, 9.17) is 15.1 Å². The molecule has 0 N–H and O–H groups in total. The molecule has 4 rings (SSSR count). The second-order valence-electron chi connectivity index (χ2n) is 8.63. The van der Waals surface area contributed by atoms with Gasteiger partial charge in [0.15, 0.2) is 6.17 Å². The Morgan fingerprint density at radius 1 is 1.07 bits per heavy atom. The molecule has 0 unspecified atom stereocenters. The minimum atomic E-state index is -1.66. The number of fused-ring (bicyclic) bond motifs is 3. The molecule has 0 amide bonds. The Kier molecular flexibility index (Phi) is 3.66. The van der Waals surface area contributed by atoms with Crippen LogP contribution >= 0.6 is 0 Å². The van der Waals surface area contributed by atoms with Crippen molar-refractivity contribution in [2.45, 2.75) is 41.0 Å². The van der Waals surface area contributed by atoms with Crippen molar-refractivity contribution in [1.29, 1.82) is 0 Å². The van der Waals surface area contributed by atoms with Crippen molar-refractivity contribution < 1.29 is 13.1 Å². The third-order valence-corrected chi connectivity index (χ3v) is 5.13. The van der Waals surface area contributed by atoms with Crippen LogP contribution in [0.25, 0.3) is 38.0 Å². The van der Waals surface area contributed by atoms with Crippen molar-refractivity contribution in [1.82, 2.24) is 0 Å². The van der Waals surface area contributed by atoms with Gasteiger partial charge in [-0.25, -0.2) is 9.41 Å². The van der Waals surface area contributed by atoms with Crippen LogP contribution in [0, 0.1) is 25.8 Å². The molecule has 0 aliphatic heterocycles. The third-order valence-electron chi connectivity index (χ3n) is 5.13. The van der Waals surface area contributed by atoms with Crippen molar-refractivity contribution in [2.24, 2.45) is 12.5 Å². The van der Waals surface area contributed by atoms with Crippen molar-refractivity contribution >= 4 is 27.6 Å². The second kappa shape index (κ2) is 6.74. The number of aromatic nitrogens is 1. The zero-order chi connectivity index (χ0) is 23.6. The summed E-state index contributed by atoms with van der Waals surface area (Å²) in [4.78, 5) is 3.63. The molecule has 0 radical (unpaired) electrons. The maximum atomic E-state index is 8.76. The number of hydrogen-bond donors (Lipinski definition) is 0. The van der Waals surface area contributed by atoms with Crippen LogP contribution in [0.15, 0.2) is 47.0 Å². The third kappa shape index (κ3) is 3.29. The molecule has 3 heteroatoms. The Balaban J connectivity index is 2.06. The number of pyridine rings is 1. The van der Waals surface area contributed by atoms with E-state index in [9.17, 15) is 0 Å². The lowest BCUT2D eigenvalue weighted by molar-refractivity contribution is -0.660. The summed E-state index contributed by atoms with van der Waals surface area (Å²) >= 11 is 0. The highest BCUT2D eigenvalue weighted by atomic mass is 16.3. The summed E-state index contributed by atoms with van der Waals surface area (Å²) < 4.78 is 34.0. The lowest BCUT2D eigenvalue weighted by Gasteiger charge is -2.17. The van der Waals surface area contributed by atoms with Crippen LogP contribution in [0.5, 0.6) is 0 Å². The maximum Gasteiger partial charge on any atom is 0.229 e. The zero-order valence-corrected chi connectivity index (χ0v) is 17.8. The normalized spacial score (nSPS) is 13.9. The van der Waals surface area contributed by atoms with Gasteiger partial charge in [-0.2, -0.15) is 0 Å². The standard InChI is InChI=1S/C26H27N2O/c1-16-9-12-20(27-6)25-22(16)19-11-8-17(2)23(24(19)29-25)21-13-10-18(15-28(21)7)14-26(3,4)5/h8-13,15H,14H2,1-5,7H3/q+1/i14D2,15D. The molecule has 0 saturated carbocycles. The minimum absolute atomic E-state index is 0.132. The monoisotopic (exact) mass is 386 g/mol. The predicted octanol–water partition coefficient (Wildman–Crippen LogP) is 6.83. The first-order chi connectivity index (χ1) is 14.9. The summed E-state index contributed by atoms with van der Waals surface area (Å²) in [7, 11) is 1.79. The molecule has 4 aromatic rings. The van der Waals surface area contributed by atoms with Crippen LogP contribution in [-0.4, -0.2) is 0 Å². The molecule has 0 saturated heterocycles. The van der Waals surface area contributed by atoms with Crippen molar-refractivity contribution in [3.63, 3.8) is 0 Å². The summed E-state index contributed by atoms with van der Waals surface area (Å²) in [5.41, 5.74) is 5.10. The van der Waals surface area contributed by atoms with Gasteiger partial charge in [-0.1, -0.05) is 45.0 Å². The Labute approximate surface area is 176 Å². The van der Waals surface area contributed by atoms with E-state index in [1.807, 2.05) is 58.9 Å². The first kappa shape index (κ1) is 15.8. The van der Waals surface area contributed by atoms with Crippen LogP contribution < -0.4 is 4.57 Å². The van der Waals surface area contributed by atoms with E-state index < -0.39 is 11.8 Å². The molecule has 0 spiro atoms. The van der Waals surface area contributed by atoms with Gasteiger partial charge in [0.05, 0.1) is 12.1 Å². The first-order valence-electron chi connectivity index (χ1n) is 11.2. The molecule has 0 atom stereocenters. The van der Waals surface area contributed by atoms with Crippen LogP contribution in [0.3, 0.4) is 0 Å². The number of rotatable bonds is 2. The summed E-state index contributed by atoms with van der Waals surface area (Å²) in [6, 6.07) is 11.4. The summed E-state index contributed by atoms with van der Waals surface area (Å²) in [6.07, 6.45) is -1.53. The molecular formula is C26H27N2O+. The van der Waals surface area contributed by atoms with E-state index in [0.29, 0.717) is 22.4 Å². The Hall–Kier alpha value is -3.12. The SMILES string of the molecule is [2H]c1c(C([2H])([2H])C(C)(C)C)ccc(-c2c(C)ccc3c2oc2c([N+]#[C-])ccc(C)c23)[n+]1C. The van der Waals surface area contributed by atoms with Crippen molar-refractivity contribution in [3.8, 4) is 11.3 Å². The lowest BCUT2D eigenvalue weighted by atomic mass is 9.88. The lowest BCUT2D eigenvalue weighted by Crippen LogP contribution is -2.32. The second-order valence-corrected chi connectivity index (χ2v) is 8.63. The fraction of sp³-hybridized carbons (Fsp3) is 0.308. The molecule has 2 heterocycles. The quantitative estimate of drug-likeness (QED) is 0.273. The topological polar surface area (TPSA) is 21.4 Å². The Morgan fingerprint density at radius 2 is 1.79 bits per heavy atom. The van der Waals surface area contributed by atoms with Gasteiger partial charge in [0.25, 0.3) is 0 Å². The zero-order valence-electron chi connectivity index (χ0n) is 20.8. The van der Waals surface area contributed by atoms with Gasteiger partial charge in [-0.3, -0.25) is 0 Å². The highest BCUT2D eigenvalue weighted by Gasteiger charge is 2.23. The molecule has 0 bridgehead atoms. The van der Waals surface area contributed by atoms with Gasteiger partial charge < -0.3 is 4.42 Å². The summed E-state index contributed by atoms with van der Waals surface area (Å²) in [5, 5.41) is 1.87. The van der Waals surface area contributed by atoms with Gasteiger partial charge in [-0.15, -0.1) is 0 Å². The van der Waals surface area contributed by atoms with E-state index >= 15 is 0 Å². The molecule has 2 aromatic carbocycles. The summed E-state index contributed by atoms with van der Waals surface area (Å²) in [5.74, 6) is 0. The molecule has 146 valence electrons. The van der Waals surface area contributed by atoms with Gasteiger partial charge >= 0.3 is 0 Å². The molecule has 0 aliphatic rings. The average molecular weight is 387 g/mol. The number of hydrogen-bond acceptors (Lipinski definition) is 1. The number of furan rings is 1. The first-order valence-corrected chi connectivity index (χ1v) is 9.73. The van der Waals surface area contributed by atoms with Crippen LogP contribution in [0.2, 0.25) is 0 Å². The highest BCUT2D eigenvalue weighted by Crippen LogP contribution is 2.41. The van der Waals surface area contributed by atoms with Crippen molar-refractivity contribution in [3.05, 3.63) is 70.7 Å². The van der Waals surface area contributed by atoms with E-state index in [1.54, 1.807) is 23.7 Å². The fourth-order valence-corrected chi connectivity index (χ4v) is 3.88. The van der Waals surface area contributed by atoms with E-state index in [-0.39, 0.29) is 6.17 Å². The smallest absolute Gasteiger partial charge is 0.229 e. The number of nitrogens with zero attached hydrogens (tertiary/aromatic N) is 2. The van der Waals surface area contributed by atoms with E-state index in [2.05, 4.69) is 4.85 Å². The van der Waals surface area contributed by atoms with Crippen LogP contribution in [0.1, 0.15) is 41.6 Å². The van der Waals surface area contributed by atoms with Crippen LogP contribution in [-0.2, 0) is 13.4 Å². The highest BCUT2D eigenvalue weighted by molar-refractivity contribution is 6.14. The number of benzene rings is 2. The Bertz CT molecular complexity index is 1440. The van der Waals surface area contributed by atoms with Gasteiger partial charge in [-0.05, 0) is 42.8 Å². The van der Waals surface area contributed by atoms with Gasteiger partial charge in [0.1, 0.15) is 19.6 Å². The molecule has 0 aliphatic carbocycles. The largest absolute Gasteiger partial charge is 0.466 e. The molecular weight excluding hydrogens is 356 g/mol. The minimum Gasteiger partial charge on any atom is -0.466 e.